The molecule has 0 aromatic carbocycles. The van der Waals surface area contributed by atoms with Gasteiger partial charge in [0.05, 0.1) is 0 Å². The van der Waals surface area contributed by atoms with E-state index in [9.17, 15) is 0 Å². The van der Waals surface area contributed by atoms with Crippen LogP contribution in [0.1, 0.15) is 6.42 Å². The van der Waals surface area contributed by atoms with E-state index in [1.807, 2.05) is 12.3 Å². The second-order valence-corrected chi connectivity index (χ2v) is 5.14. The Kier molecular flexibility index (Phi) is 5.70. The lowest BCUT2D eigenvalue weighted by molar-refractivity contribution is 0.240. The average Bonchev–Trinajstić information content (AvgIpc) is 2.45. The Morgan fingerprint density at radius 1 is 1.39 bits per heavy atom. The molecule has 0 bridgehead atoms. The van der Waals surface area contributed by atoms with Crippen molar-refractivity contribution in [2.45, 2.75) is 11.4 Å². The monoisotopic (exact) mass is 267 g/mol. The van der Waals surface area contributed by atoms with E-state index in [0.29, 0.717) is 0 Å². The Hall–Kier alpha value is -0.850. The highest BCUT2D eigenvalue weighted by molar-refractivity contribution is 7.98. The Morgan fingerprint density at radius 2 is 2.22 bits per heavy atom. The van der Waals surface area contributed by atoms with Gasteiger partial charge in [-0.1, -0.05) is 0 Å². The zero-order chi connectivity index (χ0) is 12.6. The van der Waals surface area contributed by atoms with E-state index in [1.165, 1.54) is 13.1 Å². The first-order valence-corrected chi connectivity index (χ1v) is 7.64. The Labute approximate surface area is 113 Å². The first kappa shape index (κ1) is 13.6. The third kappa shape index (κ3) is 4.44. The van der Waals surface area contributed by atoms with Gasteiger partial charge in [-0.25, -0.2) is 9.97 Å². The average molecular weight is 267 g/mol. The molecular formula is C12H21N5S. The van der Waals surface area contributed by atoms with Gasteiger partial charge in [0, 0.05) is 38.8 Å². The van der Waals surface area contributed by atoms with Gasteiger partial charge in [-0.05, 0) is 19.2 Å². The number of rotatable bonds is 6. The minimum Gasteiger partial charge on any atom is -0.370 e. The molecule has 0 spiro atoms. The van der Waals surface area contributed by atoms with Crippen molar-refractivity contribution < 1.29 is 0 Å². The first-order valence-electron chi connectivity index (χ1n) is 6.41. The van der Waals surface area contributed by atoms with Crippen molar-refractivity contribution in [3.8, 4) is 0 Å². The molecule has 2 N–H and O–H groups in total. The molecule has 5 nitrogen and oxygen atoms in total. The lowest BCUT2D eigenvalue weighted by Crippen LogP contribution is -2.44. The molecule has 0 amide bonds. The van der Waals surface area contributed by atoms with Crippen molar-refractivity contribution >= 4 is 17.6 Å². The number of thioether (sulfide) groups is 1. The van der Waals surface area contributed by atoms with E-state index in [2.05, 4.69) is 25.5 Å². The summed E-state index contributed by atoms with van der Waals surface area (Å²) < 4.78 is 0. The van der Waals surface area contributed by atoms with Gasteiger partial charge in [0.15, 0.2) is 0 Å². The number of piperazine rings is 1. The standard InChI is InChI=1S/C12H21N5S/c1-18-12-9-11(15-10-16-12)14-3-2-6-17-7-4-13-5-8-17/h9-10,13H,2-8H2,1H3,(H,14,15,16). The van der Waals surface area contributed by atoms with E-state index >= 15 is 0 Å². The van der Waals surface area contributed by atoms with E-state index in [1.54, 1.807) is 18.1 Å². The summed E-state index contributed by atoms with van der Waals surface area (Å²) in [5, 5.41) is 7.73. The Bertz CT molecular complexity index is 354. The van der Waals surface area contributed by atoms with Gasteiger partial charge in [-0.3, -0.25) is 0 Å². The summed E-state index contributed by atoms with van der Waals surface area (Å²) in [5.74, 6) is 0.926. The first-order chi connectivity index (χ1) is 8.88. The molecular weight excluding hydrogens is 246 g/mol. The van der Waals surface area contributed by atoms with Crippen LogP contribution in [0.4, 0.5) is 5.82 Å². The van der Waals surface area contributed by atoms with Crippen LogP contribution in [0.5, 0.6) is 0 Å². The Morgan fingerprint density at radius 3 is 3.00 bits per heavy atom. The van der Waals surface area contributed by atoms with Crippen LogP contribution in [0.3, 0.4) is 0 Å². The van der Waals surface area contributed by atoms with Crippen molar-refractivity contribution in [1.29, 1.82) is 0 Å². The van der Waals surface area contributed by atoms with Crippen LogP contribution in [0.2, 0.25) is 0 Å². The number of hydrogen-bond acceptors (Lipinski definition) is 6. The predicted octanol–water partition coefficient (Wildman–Crippen LogP) is 0.906. The zero-order valence-corrected chi connectivity index (χ0v) is 11.7. The van der Waals surface area contributed by atoms with Crippen molar-refractivity contribution in [1.82, 2.24) is 20.2 Å². The molecule has 0 aliphatic carbocycles. The van der Waals surface area contributed by atoms with Crippen molar-refractivity contribution in [3.05, 3.63) is 12.4 Å². The third-order valence-corrected chi connectivity index (χ3v) is 3.66. The van der Waals surface area contributed by atoms with Gasteiger partial charge in [-0.2, -0.15) is 0 Å². The SMILES string of the molecule is CSc1cc(NCCCN2CCNCC2)ncn1. The van der Waals surface area contributed by atoms with Crippen LogP contribution in [-0.4, -0.2) is 60.4 Å². The minimum atomic E-state index is 0.926. The molecule has 1 aliphatic rings. The van der Waals surface area contributed by atoms with E-state index < -0.39 is 0 Å². The van der Waals surface area contributed by atoms with Gasteiger partial charge in [0.2, 0.25) is 0 Å². The zero-order valence-electron chi connectivity index (χ0n) is 10.9. The number of anilines is 1. The molecule has 1 aliphatic heterocycles. The predicted molar refractivity (Wildman–Crippen MR) is 76.2 cm³/mol. The normalized spacial score (nSPS) is 16.7. The fraction of sp³-hybridized carbons (Fsp3) is 0.667. The molecule has 0 atom stereocenters. The molecule has 0 unspecified atom stereocenters. The van der Waals surface area contributed by atoms with Crippen LogP contribution in [0, 0.1) is 0 Å². The van der Waals surface area contributed by atoms with Crippen LogP contribution < -0.4 is 10.6 Å². The lowest BCUT2D eigenvalue weighted by Gasteiger charge is -2.27. The molecule has 1 aromatic heterocycles. The minimum absolute atomic E-state index is 0.926. The highest BCUT2D eigenvalue weighted by Crippen LogP contribution is 2.13. The smallest absolute Gasteiger partial charge is 0.130 e. The fourth-order valence-corrected chi connectivity index (χ4v) is 2.38. The van der Waals surface area contributed by atoms with Gasteiger partial charge in [0.1, 0.15) is 17.2 Å². The van der Waals surface area contributed by atoms with Crippen molar-refractivity contribution in [3.63, 3.8) is 0 Å². The summed E-state index contributed by atoms with van der Waals surface area (Å²) in [6.07, 6.45) is 4.79. The van der Waals surface area contributed by atoms with Crippen LogP contribution in [0.25, 0.3) is 0 Å². The maximum absolute atomic E-state index is 4.21. The molecule has 1 fully saturated rings. The molecule has 0 radical (unpaired) electrons. The maximum atomic E-state index is 4.21. The summed E-state index contributed by atoms with van der Waals surface area (Å²) in [6.45, 7) is 6.71. The van der Waals surface area contributed by atoms with Gasteiger partial charge in [-0.15, -0.1) is 11.8 Å². The van der Waals surface area contributed by atoms with E-state index in [-0.39, 0.29) is 0 Å². The summed E-state index contributed by atoms with van der Waals surface area (Å²) in [6, 6.07) is 2.00. The summed E-state index contributed by atoms with van der Waals surface area (Å²) in [7, 11) is 0. The van der Waals surface area contributed by atoms with Crippen LogP contribution in [0.15, 0.2) is 17.4 Å². The van der Waals surface area contributed by atoms with Gasteiger partial charge < -0.3 is 15.5 Å². The highest BCUT2D eigenvalue weighted by Gasteiger charge is 2.08. The van der Waals surface area contributed by atoms with Crippen LogP contribution >= 0.6 is 11.8 Å². The van der Waals surface area contributed by atoms with Crippen LogP contribution in [-0.2, 0) is 0 Å². The maximum Gasteiger partial charge on any atom is 0.130 e. The largest absolute Gasteiger partial charge is 0.370 e. The Balaban J connectivity index is 1.65. The summed E-state index contributed by atoms with van der Waals surface area (Å²) in [5.41, 5.74) is 0. The van der Waals surface area contributed by atoms with Gasteiger partial charge in [0.25, 0.3) is 0 Å². The third-order valence-electron chi connectivity index (χ3n) is 3.02. The highest BCUT2D eigenvalue weighted by atomic mass is 32.2. The van der Waals surface area contributed by atoms with Gasteiger partial charge >= 0.3 is 0 Å². The fourth-order valence-electron chi connectivity index (χ4n) is 2.00. The molecule has 2 heterocycles. The molecule has 1 saturated heterocycles. The molecule has 1 aromatic rings. The van der Waals surface area contributed by atoms with Crippen molar-refractivity contribution in [2.75, 3.05) is 50.8 Å². The summed E-state index contributed by atoms with van der Waals surface area (Å²) >= 11 is 1.64. The molecule has 0 saturated carbocycles. The number of nitrogens with zero attached hydrogens (tertiary/aromatic N) is 3. The quantitative estimate of drug-likeness (QED) is 0.454. The van der Waals surface area contributed by atoms with Crippen molar-refractivity contribution in [2.24, 2.45) is 0 Å². The summed E-state index contributed by atoms with van der Waals surface area (Å²) in [4.78, 5) is 10.9. The molecule has 100 valence electrons. The topological polar surface area (TPSA) is 53.1 Å². The molecule has 6 heteroatoms. The number of hydrogen-bond donors (Lipinski definition) is 2. The number of nitrogens with one attached hydrogen (secondary N) is 2. The second-order valence-electron chi connectivity index (χ2n) is 4.32. The lowest BCUT2D eigenvalue weighted by atomic mass is 10.3. The molecule has 2 rings (SSSR count). The number of aromatic nitrogens is 2. The molecule has 18 heavy (non-hydrogen) atoms. The van der Waals surface area contributed by atoms with E-state index in [4.69, 9.17) is 0 Å². The van der Waals surface area contributed by atoms with E-state index in [0.717, 1.165) is 43.4 Å². The second kappa shape index (κ2) is 7.56.